The maximum Gasteiger partial charge on any atom is 0.311 e. The summed E-state index contributed by atoms with van der Waals surface area (Å²) in [5, 5.41) is 4.51. The molecule has 58 heavy (non-hydrogen) atoms. The van der Waals surface area contributed by atoms with Gasteiger partial charge in [0.05, 0.1) is 66.2 Å². The van der Waals surface area contributed by atoms with Crippen LogP contribution in [0.1, 0.15) is 87.1 Å². The molecule has 4 aliphatic rings. The number of carbonyl (C=O) groups is 3. The number of nitrogens with zero attached hydrogens (tertiary/aromatic N) is 4. The van der Waals surface area contributed by atoms with Crippen LogP contribution >= 0.6 is 0 Å². The Balaban J connectivity index is 1.41. The van der Waals surface area contributed by atoms with E-state index >= 15 is 0 Å². The van der Waals surface area contributed by atoms with E-state index in [0.29, 0.717) is 25.0 Å². The molecule has 15 heteroatoms. The molecule has 4 fully saturated rings. The lowest BCUT2D eigenvalue weighted by Gasteiger charge is -2.48. The highest BCUT2D eigenvalue weighted by atomic mass is 16.7. The number of rotatable bonds is 8. The number of hydrogen-bond donors (Lipinski definition) is 0. The van der Waals surface area contributed by atoms with Gasteiger partial charge in [0.1, 0.15) is 18.4 Å². The number of likely N-dealkylation sites (N-methyl/N-ethyl adjacent to an activating group) is 1. The smallest absolute Gasteiger partial charge is 0.311 e. The molecule has 4 bridgehead atoms. The average Bonchev–Trinajstić information content (AvgIpc) is 3.43. The summed E-state index contributed by atoms with van der Waals surface area (Å²) < 4.78 is 46.2. The van der Waals surface area contributed by atoms with Crippen molar-refractivity contribution in [3.63, 3.8) is 0 Å². The third-order valence-electron chi connectivity index (χ3n) is 12.6. The van der Waals surface area contributed by atoms with Gasteiger partial charge in [0.15, 0.2) is 23.8 Å². The molecule has 14 atom stereocenters. The minimum Gasteiger partial charge on any atom is -0.459 e. The molecule has 0 spiro atoms. The van der Waals surface area contributed by atoms with Crippen LogP contribution in [-0.4, -0.2) is 126 Å². The number of esters is 2. The van der Waals surface area contributed by atoms with Crippen LogP contribution in [0.4, 0.5) is 0 Å². The van der Waals surface area contributed by atoms with Gasteiger partial charge in [-0.3, -0.25) is 24.4 Å². The molecule has 0 amide bonds. The monoisotopic (exact) mass is 810 g/mol. The summed E-state index contributed by atoms with van der Waals surface area (Å²) in [5.41, 5.74) is 0.358. The maximum absolute atomic E-state index is 14.3. The normalized spacial score (nSPS) is 39.6. The van der Waals surface area contributed by atoms with E-state index in [4.69, 9.17) is 38.0 Å². The van der Waals surface area contributed by atoms with E-state index in [1.807, 2.05) is 78.7 Å². The molecule has 0 saturated carbocycles. The molecule has 3 unspecified atom stereocenters. The van der Waals surface area contributed by atoms with Gasteiger partial charge in [0.2, 0.25) is 0 Å². The molecular weight excluding hydrogens is 748 g/mol. The number of carbonyl (C=O) groups excluding carboxylic acids is 3. The molecular formula is C43H62N4O11. The van der Waals surface area contributed by atoms with Gasteiger partial charge < -0.3 is 42.9 Å². The number of ketones is 1. The maximum atomic E-state index is 14.3. The second-order valence-corrected chi connectivity index (χ2v) is 17.4. The van der Waals surface area contributed by atoms with Crippen molar-refractivity contribution in [3.05, 3.63) is 36.2 Å². The third-order valence-corrected chi connectivity index (χ3v) is 12.6. The Kier molecular flexibility index (Phi) is 13.6. The largest absolute Gasteiger partial charge is 0.459 e. The summed E-state index contributed by atoms with van der Waals surface area (Å²) in [6, 6.07) is 5.48. The van der Waals surface area contributed by atoms with Crippen LogP contribution in [0.2, 0.25) is 0 Å². The summed E-state index contributed by atoms with van der Waals surface area (Å²) in [6.07, 6.45) is -0.295. The first-order chi connectivity index (χ1) is 27.4. The molecule has 320 valence electrons. The number of benzene rings is 1. The second kappa shape index (κ2) is 17.9. The van der Waals surface area contributed by atoms with Crippen molar-refractivity contribution in [2.75, 3.05) is 27.3 Å². The standard InChI is InChI=1S/C43H62N4O11/c1-12-34-43(9)38(49)25(4)35(58-43)23(2)19-42(8)39(57-41-37(55-28(7)48)33(47(10)11)17-24(3)54-41)26(5)36(27(6)40(50)56-34)51-21-30(22-52-42)46-53-20-29-13-14-31-32(18-29)45-16-15-44-31/h13-16,18,23-27,33-37,39,41H,12,17,19-22H2,1-11H3/b46-30+/t23-,24-,25?,26-,27-,33+,34-,35?,36+,37-,39-,41+,42-,43?/m1/s1. The zero-order valence-corrected chi connectivity index (χ0v) is 35.8. The highest BCUT2D eigenvalue weighted by Crippen LogP contribution is 2.45. The van der Waals surface area contributed by atoms with Crippen LogP contribution in [-0.2, 0) is 59.0 Å². The van der Waals surface area contributed by atoms with Crippen LogP contribution < -0.4 is 0 Å². The van der Waals surface area contributed by atoms with Crippen molar-refractivity contribution >= 4 is 34.5 Å². The van der Waals surface area contributed by atoms with Gasteiger partial charge in [-0.15, -0.1) is 0 Å². The number of hydrogen-bond acceptors (Lipinski definition) is 15. The van der Waals surface area contributed by atoms with E-state index in [2.05, 4.69) is 15.1 Å². The Morgan fingerprint density at radius 1 is 1.00 bits per heavy atom. The lowest BCUT2D eigenvalue weighted by Crippen LogP contribution is -2.60. The minimum absolute atomic E-state index is 0.00417. The van der Waals surface area contributed by atoms with Gasteiger partial charge >= 0.3 is 11.9 Å². The van der Waals surface area contributed by atoms with Crippen molar-refractivity contribution in [2.24, 2.45) is 28.8 Å². The van der Waals surface area contributed by atoms with Crippen LogP contribution in [0.25, 0.3) is 11.0 Å². The van der Waals surface area contributed by atoms with E-state index < -0.39 is 77.7 Å². The fourth-order valence-electron chi connectivity index (χ4n) is 9.55. The number of fused-ring (bicyclic) bond motifs is 6. The molecule has 4 aliphatic heterocycles. The molecule has 0 radical (unpaired) electrons. The predicted octanol–water partition coefficient (Wildman–Crippen LogP) is 5.06. The average molecular weight is 811 g/mol. The van der Waals surface area contributed by atoms with Gasteiger partial charge in [-0.05, 0) is 84.7 Å². The molecule has 0 aliphatic carbocycles. The van der Waals surface area contributed by atoms with Crippen molar-refractivity contribution in [2.45, 2.75) is 148 Å². The number of oxime groups is 1. The Morgan fingerprint density at radius 3 is 2.41 bits per heavy atom. The van der Waals surface area contributed by atoms with E-state index in [0.717, 1.165) is 16.6 Å². The Hall–Kier alpha value is -3.60. The first-order valence-corrected chi connectivity index (χ1v) is 20.7. The predicted molar refractivity (Wildman–Crippen MR) is 212 cm³/mol. The zero-order valence-electron chi connectivity index (χ0n) is 35.8. The third kappa shape index (κ3) is 9.09. The van der Waals surface area contributed by atoms with Gasteiger partial charge in [0, 0.05) is 31.2 Å². The van der Waals surface area contributed by atoms with Crippen molar-refractivity contribution in [1.29, 1.82) is 0 Å². The number of cyclic esters (lactones) is 1. The van der Waals surface area contributed by atoms with Crippen molar-refractivity contribution in [3.8, 4) is 0 Å². The fraction of sp³-hybridized carbons (Fsp3) is 0.721. The second-order valence-electron chi connectivity index (χ2n) is 17.4. The topological polar surface area (TPSA) is 166 Å². The van der Waals surface area contributed by atoms with Crippen LogP contribution in [0.5, 0.6) is 0 Å². The summed E-state index contributed by atoms with van der Waals surface area (Å²) in [6.45, 7) is 16.7. The molecule has 15 nitrogen and oxygen atoms in total. The molecule has 5 heterocycles. The van der Waals surface area contributed by atoms with Crippen molar-refractivity contribution in [1.82, 2.24) is 14.9 Å². The summed E-state index contributed by atoms with van der Waals surface area (Å²) in [4.78, 5) is 57.6. The van der Waals surface area contributed by atoms with Crippen molar-refractivity contribution < 1.29 is 52.4 Å². The van der Waals surface area contributed by atoms with Crippen LogP contribution in [0, 0.1) is 23.7 Å². The lowest BCUT2D eigenvalue weighted by molar-refractivity contribution is -0.305. The fourth-order valence-corrected chi connectivity index (χ4v) is 9.55. The van der Waals surface area contributed by atoms with Crippen LogP contribution in [0.3, 0.4) is 0 Å². The highest BCUT2D eigenvalue weighted by Gasteiger charge is 2.59. The van der Waals surface area contributed by atoms with E-state index in [9.17, 15) is 14.4 Å². The minimum atomic E-state index is -1.33. The van der Waals surface area contributed by atoms with E-state index in [-0.39, 0.29) is 43.7 Å². The lowest BCUT2D eigenvalue weighted by atomic mass is 9.75. The number of aromatic nitrogens is 2. The Bertz CT molecular complexity index is 1830. The number of Topliss-reactive ketones (excluding diaryl/α,β-unsaturated/α-hetero) is 1. The highest BCUT2D eigenvalue weighted by molar-refractivity contribution is 5.92. The molecule has 1 aromatic heterocycles. The molecule has 4 saturated heterocycles. The SMILES string of the molecule is CC[C@H]1OC(=O)[C@H](C)[C@H]2OC/C(=N\OCc3ccc4nccnc4c3)CO[C@](C)(C[C@@H](C)C3OC1(C)C(=O)C3C)[C@H](O[C@@H]1O[C@H](C)C[C@H](N(C)C)[C@H]1OC(C)=O)[C@@H]2C. The summed E-state index contributed by atoms with van der Waals surface area (Å²) in [5.74, 6) is -3.19. The van der Waals surface area contributed by atoms with Crippen LogP contribution in [0.15, 0.2) is 35.7 Å². The first-order valence-electron chi connectivity index (χ1n) is 20.7. The molecule has 1 aromatic carbocycles. The quantitative estimate of drug-likeness (QED) is 0.257. The van der Waals surface area contributed by atoms with E-state index in [1.165, 1.54) is 6.92 Å². The van der Waals surface area contributed by atoms with Gasteiger partial charge in [0.25, 0.3) is 0 Å². The molecule has 2 aromatic rings. The van der Waals surface area contributed by atoms with E-state index in [1.54, 1.807) is 26.2 Å². The zero-order chi connectivity index (χ0) is 42.1. The summed E-state index contributed by atoms with van der Waals surface area (Å²) in [7, 11) is 3.87. The Morgan fingerprint density at radius 2 is 1.72 bits per heavy atom. The first kappa shape index (κ1) is 44.0. The summed E-state index contributed by atoms with van der Waals surface area (Å²) >= 11 is 0. The van der Waals surface area contributed by atoms with Gasteiger partial charge in [-0.1, -0.05) is 38.9 Å². The Labute approximate surface area is 341 Å². The molecule has 0 N–H and O–H groups in total. The number of ether oxygens (including phenoxy) is 7. The van der Waals surface area contributed by atoms with Gasteiger partial charge in [-0.2, -0.15) is 0 Å². The van der Waals surface area contributed by atoms with Gasteiger partial charge in [-0.25, -0.2) is 0 Å². The molecule has 6 rings (SSSR count).